The number of anilines is 1. The van der Waals surface area contributed by atoms with Crippen LogP contribution in [0, 0.1) is 0 Å². The molecule has 0 aliphatic heterocycles. The number of aromatic hydroxyl groups is 1. The molecule has 0 aromatic heterocycles. The number of hydrogen-bond acceptors (Lipinski definition) is 4. The van der Waals surface area contributed by atoms with E-state index in [0.29, 0.717) is 10.8 Å². The Morgan fingerprint density at radius 1 is 1.28 bits per heavy atom. The summed E-state index contributed by atoms with van der Waals surface area (Å²) in [6, 6.07) is 10.2. The van der Waals surface area contributed by atoms with E-state index in [1.807, 2.05) is 24.3 Å². The quantitative estimate of drug-likeness (QED) is 0.680. The van der Waals surface area contributed by atoms with Crippen molar-refractivity contribution >= 4 is 23.3 Å². The summed E-state index contributed by atoms with van der Waals surface area (Å²) in [5.74, 6) is 0.988. The lowest BCUT2D eigenvalue weighted by atomic mass is 10.2. The topological polar surface area (TPSA) is 79.8 Å². The van der Waals surface area contributed by atoms with Gasteiger partial charge in [-0.2, -0.15) is 0 Å². The number of phenolic OH excluding ortho intramolecular Hbond substituents is 1. The van der Waals surface area contributed by atoms with Gasteiger partial charge in [0.1, 0.15) is 23.9 Å². The van der Waals surface area contributed by atoms with Crippen molar-refractivity contribution in [2.75, 3.05) is 12.4 Å². The van der Waals surface area contributed by atoms with Crippen molar-refractivity contribution in [2.24, 2.45) is 0 Å². The number of nitrogens with one attached hydrogen (secondary N) is 2. The summed E-state index contributed by atoms with van der Waals surface area (Å²) < 4.78 is 10.8. The van der Waals surface area contributed by atoms with Crippen LogP contribution in [0.1, 0.15) is 18.4 Å². The molecule has 0 radical (unpaired) electrons. The molecule has 132 valence electrons. The molecule has 25 heavy (non-hydrogen) atoms. The van der Waals surface area contributed by atoms with Crippen LogP contribution in [-0.4, -0.2) is 24.3 Å². The van der Waals surface area contributed by atoms with Gasteiger partial charge in [0.05, 0.1) is 17.8 Å². The minimum atomic E-state index is -0.360. The van der Waals surface area contributed by atoms with E-state index in [9.17, 15) is 9.90 Å². The Morgan fingerprint density at radius 3 is 2.64 bits per heavy atom. The zero-order valence-corrected chi connectivity index (χ0v) is 14.5. The molecule has 0 atom stereocenters. The Labute approximate surface area is 150 Å². The summed E-state index contributed by atoms with van der Waals surface area (Å²) in [5, 5.41) is 15.7. The van der Waals surface area contributed by atoms with E-state index in [4.69, 9.17) is 21.1 Å². The first kappa shape index (κ1) is 17.2. The summed E-state index contributed by atoms with van der Waals surface area (Å²) >= 11 is 6.19. The number of methoxy groups -OCH3 is 1. The zero-order chi connectivity index (χ0) is 17.8. The van der Waals surface area contributed by atoms with Crippen molar-refractivity contribution in [1.82, 2.24) is 5.32 Å². The number of rotatable bonds is 6. The number of phenols is 1. The van der Waals surface area contributed by atoms with Crippen LogP contribution in [0.3, 0.4) is 0 Å². The number of carbonyl (C=O) groups excluding carboxylic acids is 1. The maximum Gasteiger partial charge on any atom is 0.319 e. The lowest BCUT2D eigenvalue weighted by Gasteiger charge is -2.13. The van der Waals surface area contributed by atoms with Gasteiger partial charge >= 0.3 is 6.03 Å². The second-order valence-corrected chi connectivity index (χ2v) is 6.22. The molecule has 1 saturated carbocycles. The molecule has 3 rings (SSSR count). The van der Waals surface area contributed by atoms with Gasteiger partial charge in [0, 0.05) is 12.1 Å². The lowest BCUT2D eigenvalue weighted by molar-refractivity contribution is 0.251. The third-order valence-corrected chi connectivity index (χ3v) is 4.06. The Morgan fingerprint density at radius 2 is 2.00 bits per heavy atom. The lowest BCUT2D eigenvalue weighted by Crippen LogP contribution is -2.30. The van der Waals surface area contributed by atoms with E-state index in [1.165, 1.54) is 12.1 Å². The van der Waals surface area contributed by atoms with Crippen molar-refractivity contribution in [3.63, 3.8) is 0 Å². The number of amides is 2. The Kier molecular flexibility index (Phi) is 5.19. The first-order chi connectivity index (χ1) is 12.0. The van der Waals surface area contributed by atoms with Gasteiger partial charge in [-0.05, 0) is 36.6 Å². The van der Waals surface area contributed by atoms with Gasteiger partial charge in [-0.1, -0.05) is 23.7 Å². The molecule has 0 heterocycles. The van der Waals surface area contributed by atoms with Gasteiger partial charge in [-0.25, -0.2) is 4.79 Å². The minimum absolute atomic E-state index is 0.111. The second kappa shape index (κ2) is 7.53. The molecule has 2 aromatic carbocycles. The standard InChI is InChI=1S/C18H19ClN2O4/c1-24-13-6-2-11(3-7-13)10-25-17-9-16(22)15(8-14(17)19)21-18(23)20-12-4-5-12/h2-3,6-9,12,22H,4-5,10H2,1H3,(H2,20,21,23). The van der Waals surface area contributed by atoms with Crippen LogP contribution in [0.25, 0.3) is 0 Å². The van der Waals surface area contributed by atoms with Gasteiger partial charge in [-0.3, -0.25) is 0 Å². The molecule has 3 N–H and O–H groups in total. The first-order valence-corrected chi connectivity index (χ1v) is 8.28. The highest BCUT2D eigenvalue weighted by atomic mass is 35.5. The van der Waals surface area contributed by atoms with Crippen LogP contribution in [0.4, 0.5) is 10.5 Å². The highest BCUT2D eigenvalue weighted by Gasteiger charge is 2.23. The monoisotopic (exact) mass is 362 g/mol. The van der Waals surface area contributed by atoms with Crippen molar-refractivity contribution < 1.29 is 19.4 Å². The highest BCUT2D eigenvalue weighted by Crippen LogP contribution is 2.36. The third kappa shape index (κ3) is 4.70. The molecule has 0 spiro atoms. The molecule has 0 bridgehead atoms. The van der Waals surface area contributed by atoms with Crippen LogP contribution in [0.5, 0.6) is 17.2 Å². The summed E-state index contributed by atoms with van der Waals surface area (Å²) in [4.78, 5) is 11.8. The summed E-state index contributed by atoms with van der Waals surface area (Å²) in [6.45, 7) is 0.290. The van der Waals surface area contributed by atoms with Crippen LogP contribution in [0.2, 0.25) is 5.02 Å². The number of carbonyl (C=O) groups is 1. The Balaban J connectivity index is 1.63. The number of benzene rings is 2. The molecule has 1 fully saturated rings. The Bertz CT molecular complexity index is 760. The summed E-state index contributed by atoms with van der Waals surface area (Å²) in [6.07, 6.45) is 1.97. The predicted molar refractivity (Wildman–Crippen MR) is 95.6 cm³/mol. The van der Waals surface area contributed by atoms with E-state index in [-0.39, 0.29) is 30.1 Å². The zero-order valence-electron chi connectivity index (χ0n) is 13.7. The molecular weight excluding hydrogens is 344 g/mol. The van der Waals surface area contributed by atoms with Gasteiger partial charge in [0.15, 0.2) is 0 Å². The maximum atomic E-state index is 11.8. The van der Waals surface area contributed by atoms with Crippen LogP contribution < -0.4 is 20.1 Å². The molecule has 0 saturated heterocycles. The van der Waals surface area contributed by atoms with E-state index in [1.54, 1.807) is 7.11 Å². The summed E-state index contributed by atoms with van der Waals surface area (Å²) in [5.41, 5.74) is 1.17. The Hall–Kier alpha value is -2.60. The average Bonchev–Trinajstić information content (AvgIpc) is 3.41. The molecule has 2 aromatic rings. The predicted octanol–water partition coefficient (Wildman–Crippen LogP) is 3.92. The van der Waals surface area contributed by atoms with Gasteiger partial charge in [0.25, 0.3) is 0 Å². The van der Waals surface area contributed by atoms with E-state index in [0.717, 1.165) is 24.2 Å². The van der Waals surface area contributed by atoms with Gasteiger partial charge < -0.3 is 25.2 Å². The number of hydrogen-bond donors (Lipinski definition) is 3. The fourth-order valence-corrected chi connectivity index (χ4v) is 2.43. The SMILES string of the molecule is COc1ccc(COc2cc(O)c(NC(=O)NC3CC3)cc2Cl)cc1. The van der Waals surface area contributed by atoms with Crippen LogP contribution in [0.15, 0.2) is 36.4 Å². The molecule has 6 nitrogen and oxygen atoms in total. The van der Waals surface area contributed by atoms with Crippen LogP contribution >= 0.6 is 11.6 Å². The normalized spacial score (nSPS) is 13.2. The molecule has 0 unspecified atom stereocenters. The van der Waals surface area contributed by atoms with E-state index < -0.39 is 0 Å². The molecule has 7 heteroatoms. The van der Waals surface area contributed by atoms with E-state index in [2.05, 4.69) is 10.6 Å². The number of urea groups is 1. The van der Waals surface area contributed by atoms with Crippen molar-refractivity contribution in [1.29, 1.82) is 0 Å². The highest BCUT2D eigenvalue weighted by molar-refractivity contribution is 6.32. The smallest absolute Gasteiger partial charge is 0.319 e. The van der Waals surface area contributed by atoms with E-state index >= 15 is 0 Å². The fraction of sp³-hybridized carbons (Fsp3) is 0.278. The molecule has 1 aliphatic carbocycles. The van der Waals surface area contributed by atoms with Crippen molar-refractivity contribution in [2.45, 2.75) is 25.5 Å². The average molecular weight is 363 g/mol. The van der Waals surface area contributed by atoms with Gasteiger partial charge in [-0.15, -0.1) is 0 Å². The number of halogens is 1. The molecule has 2 amide bonds. The van der Waals surface area contributed by atoms with Crippen molar-refractivity contribution in [3.05, 3.63) is 47.0 Å². The van der Waals surface area contributed by atoms with Crippen molar-refractivity contribution in [3.8, 4) is 17.2 Å². The fourth-order valence-electron chi connectivity index (χ4n) is 2.21. The molecule has 1 aliphatic rings. The second-order valence-electron chi connectivity index (χ2n) is 5.81. The molecular formula is C18H19ClN2O4. The largest absolute Gasteiger partial charge is 0.506 e. The van der Waals surface area contributed by atoms with Gasteiger partial charge in [0.2, 0.25) is 0 Å². The summed E-state index contributed by atoms with van der Waals surface area (Å²) in [7, 11) is 1.61. The maximum absolute atomic E-state index is 11.8. The minimum Gasteiger partial charge on any atom is -0.506 e. The third-order valence-electron chi connectivity index (χ3n) is 3.76. The van der Waals surface area contributed by atoms with Crippen LogP contribution in [-0.2, 0) is 6.61 Å². The number of ether oxygens (including phenoxy) is 2. The first-order valence-electron chi connectivity index (χ1n) is 7.91.